The van der Waals surface area contributed by atoms with Crippen LogP contribution in [0.3, 0.4) is 0 Å². The molecule has 78 valence electrons. The van der Waals surface area contributed by atoms with Gasteiger partial charge in [0, 0.05) is 5.69 Å². The van der Waals surface area contributed by atoms with Crippen LogP contribution in [0, 0.1) is 0 Å². The summed E-state index contributed by atoms with van der Waals surface area (Å²) in [6, 6.07) is 5.57. The predicted octanol–water partition coefficient (Wildman–Crippen LogP) is 3.51. The van der Waals surface area contributed by atoms with E-state index in [0.29, 0.717) is 11.7 Å². The number of aromatic nitrogens is 2. The van der Waals surface area contributed by atoms with Crippen molar-refractivity contribution >= 4 is 11.6 Å². The Balaban J connectivity index is 2.49. The van der Waals surface area contributed by atoms with E-state index < -0.39 is 0 Å². The lowest BCUT2D eigenvalue weighted by molar-refractivity contribution is 0.579. The second-order valence-corrected chi connectivity index (χ2v) is 3.92. The molecule has 0 spiro atoms. The number of nitrogens with zero attached hydrogens (tertiary/aromatic N) is 2. The minimum absolute atomic E-state index is 0.257. The third-order valence-electron chi connectivity index (χ3n) is 2.08. The van der Waals surface area contributed by atoms with Crippen LogP contribution >= 0.6 is 11.6 Å². The van der Waals surface area contributed by atoms with E-state index in [9.17, 15) is 0 Å². The monoisotopic (exact) mass is 222 g/mol. The molecule has 0 N–H and O–H groups in total. The SMILES string of the molecule is CC(C)c1cc(-c2ccco2)nc(Cl)n1. The molecule has 15 heavy (non-hydrogen) atoms. The van der Waals surface area contributed by atoms with Gasteiger partial charge in [-0.2, -0.15) is 0 Å². The van der Waals surface area contributed by atoms with Crippen LogP contribution in [-0.2, 0) is 0 Å². The van der Waals surface area contributed by atoms with Crippen molar-refractivity contribution in [3.63, 3.8) is 0 Å². The van der Waals surface area contributed by atoms with Crippen molar-refractivity contribution in [2.75, 3.05) is 0 Å². The van der Waals surface area contributed by atoms with Gasteiger partial charge in [-0.1, -0.05) is 13.8 Å². The average molecular weight is 223 g/mol. The number of hydrogen-bond acceptors (Lipinski definition) is 3. The van der Waals surface area contributed by atoms with E-state index in [1.165, 1.54) is 0 Å². The van der Waals surface area contributed by atoms with Gasteiger partial charge in [-0.05, 0) is 35.7 Å². The molecule has 0 unspecified atom stereocenters. The fourth-order valence-corrected chi connectivity index (χ4v) is 1.47. The average Bonchev–Trinajstić information content (AvgIpc) is 2.69. The van der Waals surface area contributed by atoms with Crippen molar-refractivity contribution in [1.29, 1.82) is 0 Å². The zero-order valence-electron chi connectivity index (χ0n) is 8.57. The smallest absolute Gasteiger partial charge is 0.223 e. The molecule has 0 aliphatic heterocycles. The molecule has 2 heterocycles. The highest BCUT2D eigenvalue weighted by Crippen LogP contribution is 2.22. The molecular formula is C11H11ClN2O. The summed E-state index contributed by atoms with van der Waals surface area (Å²) in [6.45, 7) is 4.12. The van der Waals surface area contributed by atoms with Crippen molar-refractivity contribution in [1.82, 2.24) is 9.97 Å². The Labute approximate surface area is 93.1 Å². The summed E-state index contributed by atoms with van der Waals surface area (Å²) in [5, 5.41) is 0.257. The zero-order valence-corrected chi connectivity index (χ0v) is 9.32. The summed E-state index contributed by atoms with van der Waals surface area (Å²) in [6.07, 6.45) is 1.61. The second-order valence-electron chi connectivity index (χ2n) is 3.58. The molecule has 2 rings (SSSR count). The summed E-state index contributed by atoms with van der Waals surface area (Å²) in [4.78, 5) is 8.28. The largest absolute Gasteiger partial charge is 0.463 e. The molecule has 4 heteroatoms. The zero-order chi connectivity index (χ0) is 10.8. The predicted molar refractivity (Wildman–Crippen MR) is 58.8 cm³/mol. The molecule has 0 radical (unpaired) electrons. The fraction of sp³-hybridized carbons (Fsp3) is 0.273. The van der Waals surface area contributed by atoms with Gasteiger partial charge in [0.05, 0.1) is 6.26 Å². The Kier molecular flexibility index (Phi) is 2.73. The van der Waals surface area contributed by atoms with E-state index in [0.717, 1.165) is 11.4 Å². The first-order chi connectivity index (χ1) is 7.16. The summed E-state index contributed by atoms with van der Waals surface area (Å²) in [5.74, 6) is 1.03. The molecular weight excluding hydrogens is 212 g/mol. The molecule has 3 nitrogen and oxygen atoms in total. The molecule has 0 amide bonds. The Bertz CT molecular complexity index is 452. The molecule has 0 atom stereocenters. The first-order valence-electron chi connectivity index (χ1n) is 4.75. The van der Waals surface area contributed by atoms with Crippen LogP contribution < -0.4 is 0 Å². The summed E-state index contributed by atoms with van der Waals surface area (Å²) in [5.41, 5.74) is 1.64. The normalized spacial score (nSPS) is 10.9. The van der Waals surface area contributed by atoms with Crippen molar-refractivity contribution < 1.29 is 4.42 Å². The molecule has 0 aliphatic rings. The van der Waals surface area contributed by atoms with Crippen molar-refractivity contribution in [2.45, 2.75) is 19.8 Å². The van der Waals surface area contributed by atoms with Gasteiger partial charge < -0.3 is 4.42 Å². The topological polar surface area (TPSA) is 38.9 Å². The maximum Gasteiger partial charge on any atom is 0.223 e. The molecule has 0 saturated heterocycles. The van der Waals surface area contributed by atoms with Gasteiger partial charge in [-0.3, -0.25) is 0 Å². The van der Waals surface area contributed by atoms with E-state index in [4.69, 9.17) is 16.0 Å². The lowest BCUT2D eigenvalue weighted by atomic mass is 10.1. The number of rotatable bonds is 2. The lowest BCUT2D eigenvalue weighted by Gasteiger charge is -2.05. The Morgan fingerprint density at radius 3 is 2.73 bits per heavy atom. The van der Waals surface area contributed by atoms with Crippen LogP contribution in [0.2, 0.25) is 5.28 Å². The number of furan rings is 1. The molecule has 0 bridgehead atoms. The highest BCUT2D eigenvalue weighted by molar-refractivity contribution is 6.28. The van der Waals surface area contributed by atoms with E-state index >= 15 is 0 Å². The highest BCUT2D eigenvalue weighted by Gasteiger charge is 2.09. The van der Waals surface area contributed by atoms with Crippen molar-refractivity contribution in [2.24, 2.45) is 0 Å². The van der Waals surface area contributed by atoms with E-state index in [-0.39, 0.29) is 5.28 Å². The Morgan fingerprint density at radius 2 is 2.13 bits per heavy atom. The van der Waals surface area contributed by atoms with Gasteiger partial charge in [-0.15, -0.1) is 0 Å². The maximum atomic E-state index is 5.85. The quantitative estimate of drug-likeness (QED) is 0.730. The van der Waals surface area contributed by atoms with Gasteiger partial charge in [0.1, 0.15) is 5.69 Å². The second kappa shape index (κ2) is 4.03. The highest BCUT2D eigenvalue weighted by atomic mass is 35.5. The van der Waals surface area contributed by atoms with Gasteiger partial charge in [-0.25, -0.2) is 9.97 Å². The van der Waals surface area contributed by atoms with Crippen LogP contribution in [0.15, 0.2) is 28.9 Å². The van der Waals surface area contributed by atoms with E-state index in [1.54, 1.807) is 6.26 Å². The van der Waals surface area contributed by atoms with Crippen LogP contribution in [0.5, 0.6) is 0 Å². The van der Waals surface area contributed by atoms with Gasteiger partial charge in [0.2, 0.25) is 5.28 Å². The number of hydrogen-bond donors (Lipinski definition) is 0. The molecule has 0 aromatic carbocycles. The molecule has 0 aliphatic carbocycles. The van der Waals surface area contributed by atoms with Crippen LogP contribution in [0.25, 0.3) is 11.5 Å². The molecule has 2 aromatic rings. The third-order valence-corrected chi connectivity index (χ3v) is 2.25. The van der Waals surface area contributed by atoms with E-state index in [2.05, 4.69) is 23.8 Å². The van der Waals surface area contributed by atoms with Crippen LogP contribution in [0.1, 0.15) is 25.5 Å². The van der Waals surface area contributed by atoms with Crippen LogP contribution in [-0.4, -0.2) is 9.97 Å². The fourth-order valence-electron chi connectivity index (χ4n) is 1.28. The number of halogens is 1. The third kappa shape index (κ3) is 2.18. The van der Waals surface area contributed by atoms with E-state index in [1.807, 2.05) is 18.2 Å². The summed E-state index contributed by atoms with van der Waals surface area (Å²) >= 11 is 5.85. The Hall–Kier alpha value is -1.35. The lowest BCUT2D eigenvalue weighted by Crippen LogP contribution is -1.96. The standard InChI is InChI=1S/C11H11ClN2O/c1-7(2)8-6-9(14-11(12)13-8)10-4-3-5-15-10/h3-7H,1-2H3. The summed E-state index contributed by atoms with van der Waals surface area (Å²) in [7, 11) is 0. The molecule has 0 saturated carbocycles. The van der Waals surface area contributed by atoms with Crippen molar-refractivity contribution in [3.8, 4) is 11.5 Å². The van der Waals surface area contributed by atoms with Gasteiger partial charge in [0.25, 0.3) is 0 Å². The van der Waals surface area contributed by atoms with Crippen LogP contribution in [0.4, 0.5) is 0 Å². The van der Waals surface area contributed by atoms with Crippen molar-refractivity contribution in [3.05, 3.63) is 35.4 Å². The Morgan fingerprint density at radius 1 is 1.33 bits per heavy atom. The maximum absolute atomic E-state index is 5.85. The first-order valence-corrected chi connectivity index (χ1v) is 5.13. The minimum Gasteiger partial charge on any atom is -0.463 e. The first kappa shape index (κ1) is 10.2. The summed E-state index contributed by atoms with van der Waals surface area (Å²) < 4.78 is 5.26. The van der Waals surface area contributed by atoms with Gasteiger partial charge in [0.15, 0.2) is 5.76 Å². The molecule has 2 aromatic heterocycles. The minimum atomic E-state index is 0.257. The molecule has 0 fully saturated rings. The van der Waals surface area contributed by atoms with Gasteiger partial charge >= 0.3 is 0 Å².